The summed E-state index contributed by atoms with van der Waals surface area (Å²) in [5, 5.41) is 0. The molecule has 1 saturated heterocycles. The maximum Gasteiger partial charge on any atom is 0.226 e. The topological polar surface area (TPSA) is 61.8 Å². The maximum absolute atomic E-state index is 12.9. The van der Waals surface area contributed by atoms with Gasteiger partial charge in [0, 0.05) is 24.1 Å². The number of rotatable bonds is 8. The van der Waals surface area contributed by atoms with Gasteiger partial charge in [-0.25, -0.2) is 9.97 Å². The van der Waals surface area contributed by atoms with Crippen molar-refractivity contribution in [2.75, 3.05) is 45.3 Å². The number of carbonyl (C=O) groups excluding carboxylic acids is 1. The van der Waals surface area contributed by atoms with Crippen LogP contribution >= 0.6 is 0 Å². The molecule has 3 heterocycles. The molecule has 0 aliphatic carbocycles. The third kappa shape index (κ3) is 5.53. The van der Waals surface area contributed by atoms with Crippen LogP contribution in [0.5, 0.6) is 0 Å². The summed E-state index contributed by atoms with van der Waals surface area (Å²) in [6, 6.07) is 8.96. The van der Waals surface area contributed by atoms with Crippen LogP contribution in [0.2, 0.25) is 0 Å². The molecule has 0 saturated carbocycles. The molecule has 1 fully saturated rings. The number of morpholine rings is 1. The summed E-state index contributed by atoms with van der Waals surface area (Å²) in [5.41, 5.74) is 5.46. The number of nitrogens with zero attached hydrogens (tertiary/aromatic N) is 5. The van der Waals surface area contributed by atoms with Crippen molar-refractivity contribution < 1.29 is 9.53 Å². The van der Waals surface area contributed by atoms with Crippen LogP contribution in [0.1, 0.15) is 49.9 Å². The van der Waals surface area contributed by atoms with Gasteiger partial charge < -0.3 is 19.4 Å². The van der Waals surface area contributed by atoms with Gasteiger partial charge in [-0.05, 0) is 46.0 Å². The molecule has 7 heteroatoms. The Balaban J connectivity index is 1.64. The molecule has 0 bridgehead atoms. The molecular formula is C26H37N5O2. The molecule has 1 aromatic carbocycles. The van der Waals surface area contributed by atoms with Gasteiger partial charge in [0.2, 0.25) is 11.9 Å². The van der Waals surface area contributed by atoms with Crippen LogP contribution < -0.4 is 4.90 Å². The summed E-state index contributed by atoms with van der Waals surface area (Å²) in [6.07, 6.45) is 3.64. The van der Waals surface area contributed by atoms with Crippen LogP contribution in [0.3, 0.4) is 0 Å². The molecule has 0 radical (unpaired) electrons. The van der Waals surface area contributed by atoms with E-state index in [2.05, 4.69) is 47.9 Å². The predicted octanol–water partition coefficient (Wildman–Crippen LogP) is 3.51. The fourth-order valence-electron chi connectivity index (χ4n) is 4.63. The van der Waals surface area contributed by atoms with E-state index in [1.54, 1.807) is 0 Å². The van der Waals surface area contributed by atoms with Crippen LogP contribution in [0.15, 0.2) is 24.3 Å². The Hall–Kier alpha value is -2.51. The Labute approximate surface area is 197 Å². The fourth-order valence-corrected chi connectivity index (χ4v) is 4.63. The zero-order valence-corrected chi connectivity index (χ0v) is 20.5. The second-order valence-corrected chi connectivity index (χ2v) is 9.52. The highest BCUT2D eigenvalue weighted by Gasteiger charge is 2.31. The highest BCUT2D eigenvalue weighted by molar-refractivity contribution is 5.78. The number of anilines is 1. The van der Waals surface area contributed by atoms with Crippen molar-refractivity contribution >= 4 is 11.9 Å². The number of benzene rings is 1. The van der Waals surface area contributed by atoms with Crippen LogP contribution in [0.25, 0.3) is 11.3 Å². The smallest absolute Gasteiger partial charge is 0.226 e. The van der Waals surface area contributed by atoms with E-state index in [1.165, 1.54) is 5.56 Å². The first-order valence-electron chi connectivity index (χ1n) is 12.2. The number of amides is 1. The van der Waals surface area contributed by atoms with Crippen molar-refractivity contribution in [3.05, 3.63) is 41.1 Å². The van der Waals surface area contributed by atoms with E-state index in [0.29, 0.717) is 32.7 Å². The largest absolute Gasteiger partial charge is 0.377 e. The highest BCUT2D eigenvalue weighted by Crippen LogP contribution is 2.33. The van der Waals surface area contributed by atoms with Gasteiger partial charge in [-0.3, -0.25) is 4.79 Å². The van der Waals surface area contributed by atoms with Gasteiger partial charge in [0.1, 0.15) is 0 Å². The summed E-state index contributed by atoms with van der Waals surface area (Å²) in [7, 11) is 4.08. The van der Waals surface area contributed by atoms with Crippen molar-refractivity contribution in [2.24, 2.45) is 0 Å². The van der Waals surface area contributed by atoms with E-state index in [-0.39, 0.29) is 11.9 Å². The zero-order valence-electron chi connectivity index (χ0n) is 20.5. The van der Waals surface area contributed by atoms with E-state index in [9.17, 15) is 4.79 Å². The van der Waals surface area contributed by atoms with E-state index in [4.69, 9.17) is 14.7 Å². The fraction of sp³-hybridized carbons (Fsp3) is 0.577. The van der Waals surface area contributed by atoms with Crippen LogP contribution in [-0.4, -0.2) is 72.1 Å². The molecule has 1 unspecified atom stereocenters. The molecule has 1 aromatic heterocycles. The Bertz CT molecular complexity index is 960. The third-order valence-electron chi connectivity index (χ3n) is 6.51. The Morgan fingerprint density at radius 1 is 1.18 bits per heavy atom. The first kappa shape index (κ1) is 23.6. The average Bonchev–Trinajstić information content (AvgIpc) is 3.24. The standard InChI is InChI=1S/C26H37N5O2/c1-5-7-20-9-11-21(12-10-20)25-22-16-30(24(32)8-6-13-29(3)4)17-23(22)27-26(28-25)31-14-15-33-18-19(31)2/h9-12,19H,5-8,13-18H2,1-4H3. The molecule has 2 aromatic rings. The molecule has 1 atom stereocenters. The van der Waals surface area contributed by atoms with Gasteiger partial charge in [0.15, 0.2) is 0 Å². The normalized spacial score (nSPS) is 18.2. The molecule has 7 nitrogen and oxygen atoms in total. The molecule has 0 N–H and O–H groups in total. The summed E-state index contributed by atoms with van der Waals surface area (Å²) < 4.78 is 5.63. The molecule has 33 heavy (non-hydrogen) atoms. The molecule has 2 aliphatic heterocycles. The lowest BCUT2D eigenvalue weighted by Gasteiger charge is -2.33. The van der Waals surface area contributed by atoms with Gasteiger partial charge >= 0.3 is 0 Å². The molecule has 2 aliphatic rings. The lowest BCUT2D eigenvalue weighted by atomic mass is 10.0. The van der Waals surface area contributed by atoms with E-state index < -0.39 is 0 Å². The first-order valence-corrected chi connectivity index (χ1v) is 12.2. The Morgan fingerprint density at radius 3 is 2.67 bits per heavy atom. The maximum atomic E-state index is 12.9. The summed E-state index contributed by atoms with van der Waals surface area (Å²) in [4.78, 5) is 29.2. The lowest BCUT2D eigenvalue weighted by molar-refractivity contribution is -0.132. The number of ether oxygens (including phenoxy) is 1. The van der Waals surface area contributed by atoms with Gasteiger partial charge in [-0.2, -0.15) is 0 Å². The van der Waals surface area contributed by atoms with E-state index >= 15 is 0 Å². The summed E-state index contributed by atoms with van der Waals surface area (Å²) in [6.45, 7) is 8.55. The van der Waals surface area contributed by atoms with Gasteiger partial charge in [0.05, 0.1) is 43.7 Å². The minimum absolute atomic E-state index is 0.195. The Morgan fingerprint density at radius 2 is 1.97 bits per heavy atom. The van der Waals surface area contributed by atoms with Crippen LogP contribution in [-0.2, 0) is 29.0 Å². The van der Waals surface area contributed by atoms with Crippen LogP contribution in [0, 0.1) is 0 Å². The number of hydrogen-bond donors (Lipinski definition) is 0. The second kappa shape index (κ2) is 10.6. The average molecular weight is 452 g/mol. The lowest BCUT2D eigenvalue weighted by Crippen LogP contribution is -2.44. The number of aromatic nitrogens is 2. The molecular weight excluding hydrogens is 414 g/mol. The predicted molar refractivity (Wildman–Crippen MR) is 131 cm³/mol. The van der Waals surface area contributed by atoms with Crippen molar-refractivity contribution in [1.29, 1.82) is 0 Å². The van der Waals surface area contributed by atoms with E-state index in [1.807, 2.05) is 19.0 Å². The molecule has 178 valence electrons. The minimum Gasteiger partial charge on any atom is -0.377 e. The monoisotopic (exact) mass is 451 g/mol. The van der Waals surface area contributed by atoms with Crippen molar-refractivity contribution in [2.45, 2.75) is 58.7 Å². The third-order valence-corrected chi connectivity index (χ3v) is 6.51. The van der Waals surface area contributed by atoms with Gasteiger partial charge in [0.25, 0.3) is 0 Å². The van der Waals surface area contributed by atoms with E-state index in [0.717, 1.165) is 60.8 Å². The van der Waals surface area contributed by atoms with Gasteiger partial charge in [-0.1, -0.05) is 37.6 Å². The summed E-state index contributed by atoms with van der Waals surface area (Å²) >= 11 is 0. The van der Waals surface area contributed by atoms with Crippen molar-refractivity contribution in [1.82, 2.24) is 19.8 Å². The highest BCUT2D eigenvalue weighted by atomic mass is 16.5. The SMILES string of the molecule is CCCc1ccc(-c2nc(N3CCOCC3C)nc3c2CN(C(=O)CCCN(C)C)C3)cc1. The van der Waals surface area contributed by atoms with Crippen molar-refractivity contribution in [3.8, 4) is 11.3 Å². The molecule has 1 amide bonds. The quantitative estimate of drug-likeness (QED) is 0.612. The van der Waals surface area contributed by atoms with Gasteiger partial charge in [-0.15, -0.1) is 0 Å². The van der Waals surface area contributed by atoms with Crippen molar-refractivity contribution in [3.63, 3.8) is 0 Å². The number of fused-ring (bicyclic) bond motifs is 1. The molecule has 4 rings (SSSR count). The molecule has 0 spiro atoms. The van der Waals surface area contributed by atoms with Crippen LogP contribution in [0.4, 0.5) is 5.95 Å². The number of aryl methyl sites for hydroxylation is 1. The Kier molecular flexibility index (Phi) is 7.60. The number of carbonyl (C=O) groups is 1. The summed E-state index contributed by atoms with van der Waals surface area (Å²) in [5.74, 6) is 0.944. The minimum atomic E-state index is 0.195. The zero-order chi connectivity index (χ0) is 23.4. The number of hydrogen-bond acceptors (Lipinski definition) is 6. The first-order chi connectivity index (χ1) is 16.0. The second-order valence-electron chi connectivity index (χ2n) is 9.52.